The molecule has 0 aliphatic carbocycles. The second-order valence-electron chi connectivity index (χ2n) is 2.30. The summed E-state index contributed by atoms with van der Waals surface area (Å²) in [5.74, 6) is -0.451. The molecule has 0 aromatic carbocycles. The van der Waals surface area contributed by atoms with Crippen LogP contribution in [0.1, 0.15) is 13.8 Å². The van der Waals surface area contributed by atoms with E-state index in [9.17, 15) is 9.59 Å². The Morgan fingerprint density at radius 3 is 1.90 bits per heavy atom. The van der Waals surface area contributed by atoms with Crippen molar-refractivity contribution in [1.29, 1.82) is 0 Å². The van der Waals surface area contributed by atoms with E-state index < -0.39 is 5.37 Å². The molecule has 0 aliphatic rings. The van der Waals surface area contributed by atoms with Gasteiger partial charge in [0.2, 0.25) is 5.91 Å². The molecule has 0 aliphatic heterocycles. The molecular weight excluding hydrogens is 154 g/mol. The molecule has 3 nitrogen and oxygen atoms in total. The summed E-state index contributed by atoms with van der Waals surface area (Å²) in [5.41, 5.74) is 0. The lowest BCUT2D eigenvalue weighted by Crippen LogP contribution is -2.32. The van der Waals surface area contributed by atoms with Gasteiger partial charge in [-0.1, -0.05) is 13.8 Å². The third-order valence-electron chi connectivity index (χ3n) is 1.09. The molecule has 2 amide bonds. The molecule has 0 rings (SSSR count). The summed E-state index contributed by atoms with van der Waals surface area (Å²) in [6, 6.07) is 0. The van der Waals surface area contributed by atoms with Crippen molar-refractivity contribution in [3.63, 3.8) is 0 Å². The molecule has 10 heavy (non-hydrogen) atoms. The quantitative estimate of drug-likeness (QED) is 0.434. The number of hydrogen-bond acceptors (Lipinski definition) is 2. The van der Waals surface area contributed by atoms with E-state index in [2.05, 4.69) is 0 Å². The highest BCUT2D eigenvalue weighted by Crippen LogP contribution is 2.01. The number of imide groups is 1. The zero-order valence-corrected chi connectivity index (χ0v) is 6.97. The Labute approximate surface area is 65.0 Å². The summed E-state index contributed by atoms with van der Waals surface area (Å²) in [5, 5.41) is -0.737. The van der Waals surface area contributed by atoms with Gasteiger partial charge in [0, 0.05) is 13.0 Å². The van der Waals surface area contributed by atoms with Gasteiger partial charge in [-0.25, -0.2) is 0 Å². The van der Waals surface area contributed by atoms with Crippen molar-refractivity contribution in [1.82, 2.24) is 4.90 Å². The van der Waals surface area contributed by atoms with Crippen molar-refractivity contribution in [2.75, 3.05) is 7.05 Å². The highest BCUT2D eigenvalue weighted by atomic mass is 35.5. The van der Waals surface area contributed by atoms with Gasteiger partial charge in [-0.2, -0.15) is 0 Å². The van der Waals surface area contributed by atoms with E-state index in [0.29, 0.717) is 0 Å². The fourth-order valence-electron chi connectivity index (χ4n) is 0.474. The zero-order chi connectivity index (χ0) is 8.31. The number of nitrogens with zero attached hydrogens (tertiary/aromatic N) is 1. The van der Waals surface area contributed by atoms with Crippen LogP contribution in [0.15, 0.2) is 0 Å². The Hall–Kier alpha value is -0.570. The van der Waals surface area contributed by atoms with Crippen LogP contribution in [-0.4, -0.2) is 23.2 Å². The van der Waals surface area contributed by atoms with Crippen molar-refractivity contribution >= 4 is 22.9 Å². The number of carbonyl (C=O) groups is 2. The highest BCUT2D eigenvalue weighted by molar-refractivity contribution is 6.63. The summed E-state index contributed by atoms with van der Waals surface area (Å²) in [7, 11) is 1.36. The predicted octanol–water partition coefficient (Wildman–Crippen LogP) is 1.46. The molecule has 0 N–H and O–H groups in total. The molecule has 4 heteroatoms. The van der Waals surface area contributed by atoms with E-state index in [-0.39, 0.29) is 11.8 Å². The number of amides is 2. The Balaban J connectivity index is 4.08. The third kappa shape index (κ3) is 2.35. The van der Waals surface area contributed by atoms with Crippen LogP contribution in [0.25, 0.3) is 0 Å². The van der Waals surface area contributed by atoms with Crippen LogP contribution < -0.4 is 0 Å². The van der Waals surface area contributed by atoms with E-state index in [1.165, 1.54) is 7.05 Å². The maximum atomic E-state index is 10.9. The smallest absolute Gasteiger partial charge is 0.274 e. The van der Waals surface area contributed by atoms with Crippen LogP contribution in [0.2, 0.25) is 0 Å². The molecule has 0 aromatic heterocycles. The lowest BCUT2D eigenvalue weighted by Gasteiger charge is -2.12. The third-order valence-corrected chi connectivity index (χ3v) is 1.34. The lowest BCUT2D eigenvalue weighted by atomic mass is 10.2. The number of rotatable bonds is 1. The number of carbonyl (C=O) groups excluding carboxylic acids is 2. The molecule has 0 aromatic rings. The predicted molar refractivity (Wildman–Crippen MR) is 38.9 cm³/mol. The molecule has 0 atom stereocenters. The Bertz CT molecular complexity index is 156. The summed E-state index contributed by atoms with van der Waals surface area (Å²) in [4.78, 5) is 22.2. The largest absolute Gasteiger partial charge is 0.322 e. The normalized spacial score (nSPS) is 9.70. The van der Waals surface area contributed by atoms with E-state index in [1.807, 2.05) is 0 Å². The van der Waals surface area contributed by atoms with Crippen LogP contribution in [0, 0.1) is 5.92 Å². The first kappa shape index (κ1) is 9.43. The van der Waals surface area contributed by atoms with Gasteiger partial charge in [0.25, 0.3) is 0 Å². The van der Waals surface area contributed by atoms with Gasteiger partial charge in [0.1, 0.15) is 0 Å². The molecule has 58 valence electrons. The summed E-state index contributed by atoms with van der Waals surface area (Å²) in [6.07, 6.45) is 0. The van der Waals surface area contributed by atoms with Gasteiger partial charge in [0.05, 0.1) is 0 Å². The first-order valence-corrected chi connectivity index (χ1v) is 3.31. The standard InChI is InChI=1S/C6H10ClNO2/c1-4(2)5(9)8(3)6(7)10/h4H,1-3H3. The van der Waals surface area contributed by atoms with Crippen molar-refractivity contribution in [2.24, 2.45) is 5.92 Å². The molecule has 0 bridgehead atoms. The van der Waals surface area contributed by atoms with E-state index in [0.717, 1.165) is 4.90 Å². The Morgan fingerprint density at radius 2 is 1.80 bits per heavy atom. The first-order valence-electron chi connectivity index (χ1n) is 2.94. The number of hydrogen-bond donors (Lipinski definition) is 0. The van der Waals surface area contributed by atoms with Crippen molar-refractivity contribution in [3.8, 4) is 0 Å². The van der Waals surface area contributed by atoms with Gasteiger partial charge < -0.3 is 0 Å². The number of halogens is 1. The first-order chi connectivity index (χ1) is 4.46. The summed E-state index contributed by atoms with van der Waals surface area (Å²) < 4.78 is 0. The van der Waals surface area contributed by atoms with E-state index in [4.69, 9.17) is 11.6 Å². The molecule has 0 spiro atoms. The minimum Gasteiger partial charge on any atom is -0.274 e. The maximum absolute atomic E-state index is 10.9. The SMILES string of the molecule is CC(C)C(=O)N(C)C(=O)Cl. The average Bonchev–Trinajstić information content (AvgIpc) is 1.84. The second kappa shape index (κ2) is 3.56. The molecule has 0 heterocycles. The monoisotopic (exact) mass is 163 g/mol. The Morgan fingerprint density at radius 1 is 1.40 bits per heavy atom. The van der Waals surface area contributed by atoms with Crippen molar-refractivity contribution in [2.45, 2.75) is 13.8 Å². The van der Waals surface area contributed by atoms with E-state index >= 15 is 0 Å². The zero-order valence-electron chi connectivity index (χ0n) is 6.22. The second-order valence-corrected chi connectivity index (χ2v) is 2.63. The van der Waals surface area contributed by atoms with E-state index in [1.54, 1.807) is 13.8 Å². The highest BCUT2D eigenvalue weighted by Gasteiger charge is 2.16. The van der Waals surface area contributed by atoms with Crippen LogP contribution in [0.5, 0.6) is 0 Å². The fraction of sp³-hybridized carbons (Fsp3) is 0.667. The maximum Gasteiger partial charge on any atom is 0.322 e. The van der Waals surface area contributed by atoms with Gasteiger partial charge in [-0.3, -0.25) is 14.5 Å². The minimum atomic E-state index is -0.737. The fourth-order valence-corrected chi connectivity index (χ4v) is 0.557. The van der Waals surface area contributed by atoms with Crippen LogP contribution in [0.4, 0.5) is 4.79 Å². The minimum absolute atomic E-state index is 0.187. The van der Waals surface area contributed by atoms with Gasteiger partial charge in [-0.15, -0.1) is 0 Å². The topological polar surface area (TPSA) is 37.4 Å². The summed E-state index contributed by atoms with van der Waals surface area (Å²) in [6.45, 7) is 3.41. The Kier molecular flexibility index (Phi) is 3.36. The van der Waals surface area contributed by atoms with Crippen LogP contribution in [0.3, 0.4) is 0 Å². The van der Waals surface area contributed by atoms with Gasteiger partial charge >= 0.3 is 5.37 Å². The molecule has 0 saturated heterocycles. The molecule has 0 unspecified atom stereocenters. The lowest BCUT2D eigenvalue weighted by molar-refractivity contribution is -0.129. The molecular formula is C6H10ClNO2. The van der Waals surface area contributed by atoms with Crippen LogP contribution in [-0.2, 0) is 4.79 Å². The van der Waals surface area contributed by atoms with Crippen molar-refractivity contribution in [3.05, 3.63) is 0 Å². The molecule has 0 radical (unpaired) electrons. The summed E-state index contributed by atoms with van der Waals surface area (Å²) >= 11 is 5.03. The van der Waals surface area contributed by atoms with Crippen LogP contribution >= 0.6 is 11.6 Å². The van der Waals surface area contributed by atoms with Crippen molar-refractivity contribution < 1.29 is 9.59 Å². The molecule has 0 saturated carbocycles. The average molecular weight is 164 g/mol. The van der Waals surface area contributed by atoms with Gasteiger partial charge in [0.15, 0.2) is 0 Å². The molecule has 0 fully saturated rings. The van der Waals surface area contributed by atoms with Gasteiger partial charge in [-0.05, 0) is 11.6 Å².